The van der Waals surface area contributed by atoms with Crippen molar-refractivity contribution < 1.29 is 9.18 Å². The van der Waals surface area contributed by atoms with Crippen molar-refractivity contribution in [3.63, 3.8) is 0 Å². The highest BCUT2D eigenvalue weighted by molar-refractivity contribution is 7.99. The van der Waals surface area contributed by atoms with Gasteiger partial charge >= 0.3 is 0 Å². The van der Waals surface area contributed by atoms with Crippen molar-refractivity contribution in [2.24, 2.45) is 0 Å². The molecule has 0 aromatic heterocycles. The summed E-state index contributed by atoms with van der Waals surface area (Å²) in [5.74, 6) is 0.798. The van der Waals surface area contributed by atoms with Crippen molar-refractivity contribution in [1.82, 2.24) is 9.80 Å². The van der Waals surface area contributed by atoms with Gasteiger partial charge in [-0.1, -0.05) is 42.0 Å². The van der Waals surface area contributed by atoms with Gasteiger partial charge in [-0.3, -0.25) is 9.69 Å². The number of rotatable bonds is 6. The first kappa shape index (κ1) is 19.9. The number of thioether (sulfide) groups is 1. The fourth-order valence-corrected chi connectivity index (χ4v) is 4.64. The van der Waals surface area contributed by atoms with Crippen molar-refractivity contribution >= 4 is 17.7 Å². The molecule has 0 saturated carbocycles. The first-order chi connectivity index (χ1) is 12.9. The van der Waals surface area contributed by atoms with Crippen LogP contribution in [0.15, 0.2) is 48.5 Å². The van der Waals surface area contributed by atoms with E-state index in [0.717, 1.165) is 24.4 Å². The quantitative estimate of drug-likeness (QED) is 0.724. The molecular formula is C22H27FN2OS. The topological polar surface area (TPSA) is 23.6 Å². The molecule has 0 radical (unpaired) electrons. The molecule has 144 valence electrons. The summed E-state index contributed by atoms with van der Waals surface area (Å²) in [7, 11) is 0. The zero-order chi connectivity index (χ0) is 19.4. The Hall–Kier alpha value is -1.85. The van der Waals surface area contributed by atoms with Crippen LogP contribution in [0.4, 0.5) is 4.39 Å². The van der Waals surface area contributed by atoms with E-state index in [1.807, 2.05) is 4.90 Å². The van der Waals surface area contributed by atoms with Crippen molar-refractivity contribution in [1.29, 1.82) is 0 Å². The summed E-state index contributed by atoms with van der Waals surface area (Å²) in [5, 5.41) is -0.0221. The number of hydrogen-bond acceptors (Lipinski definition) is 3. The van der Waals surface area contributed by atoms with Crippen LogP contribution >= 0.6 is 11.8 Å². The summed E-state index contributed by atoms with van der Waals surface area (Å²) < 4.78 is 13.2. The molecule has 2 aromatic carbocycles. The van der Waals surface area contributed by atoms with E-state index < -0.39 is 0 Å². The molecule has 1 aliphatic rings. The minimum atomic E-state index is -0.247. The second kappa shape index (κ2) is 8.89. The van der Waals surface area contributed by atoms with Gasteiger partial charge < -0.3 is 4.90 Å². The van der Waals surface area contributed by atoms with Crippen LogP contribution in [0.2, 0.25) is 0 Å². The Balaban J connectivity index is 1.70. The van der Waals surface area contributed by atoms with Crippen LogP contribution in [0, 0.1) is 12.7 Å². The Labute approximate surface area is 165 Å². The molecule has 5 heteroatoms. The van der Waals surface area contributed by atoms with Gasteiger partial charge in [0.1, 0.15) is 11.2 Å². The lowest BCUT2D eigenvalue weighted by Crippen LogP contribution is -2.42. The normalized spacial score (nSPS) is 17.1. The number of carbonyl (C=O) groups is 1. The molecular weight excluding hydrogens is 359 g/mol. The van der Waals surface area contributed by atoms with Gasteiger partial charge in [-0.05, 0) is 44.0 Å². The summed E-state index contributed by atoms with van der Waals surface area (Å²) in [5.41, 5.74) is 3.44. The molecule has 0 unspecified atom stereocenters. The van der Waals surface area contributed by atoms with Crippen LogP contribution in [0.1, 0.15) is 35.9 Å². The van der Waals surface area contributed by atoms with Gasteiger partial charge in [0, 0.05) is 24.9 Å². The van der Waals surface area contributed by atoms with Crippen LogP contribution in [-0.4, -0.2) is 40.6 Å². The minimum absolute atomic E-state index is 0.0221. The third-order valence-electron chi connectivity index (χ3n) is 4.90. The summed E-state index contributed by atoms with van der Waals surface area (Å²) >= 11 is 1.74. The highest BCUT2D eigenvalue weighted by atomic mass is 32.2. The van der Waals surface area contributed by atoms with Crippen molar-refractivity contribution in [2.45, 2.75) is 38.7 Å². The lowest BCUT2D eigenvalue weighted by molar-refractivity contribution is -0.133. The highest BCUT2D eigenvalue weighted by Gasteiger charge is 2.31. The molecule has 27 heavy (non-hydrogen) atoms. The molecule has 3 nitrogen and oxygen atoms in total. The SMILES string of the molecule is Cc1cccc(CN(CC(=O)N2CCS[C@@H]2c2ccc(F)cc2)C(C)C)c1. The van der Waals surface area contributed by atoms with E-state index in [9.17, 15) is 9.18 Å². The fraction of sp³-hybridized carbons (Fsp3) is 0.409. The maximum Gasteiger partial charge on any atom is 0.237 e. The third kappa shape index (κ3) is 5.11. The van der Waals surface area contributed by atoms with E-state index in [2.05, 4.69) is 49.9 Å². The Bertz CT molecular complexity index is 778. The number of carbonyl (C=O) groups excluding carboxylic acids is 1. The second-order valence-electron chi connectivity index (χ2n) is 7.35. The molecule has 1 fully saturated rings. The number of amides is 1. The molecule has 0 spiro atoms. The zero-order valence-corrected chi connectivity index (χ0v) is 17.0. The monoisotopic (exact) mass is 386 g/mol. The number of benzene rings is 2. The Morgan fingerprint density at radius 2 is 2.00 bits per heavy atom. The van der Waals surface area contributed by atoms with E-state index in [4.69, 9.17) is 0 Å². The fourth-order valence-electron chi connectivity index (χ4n) is 3.36. The summed E-state index contributed by atoms with van der Waals surface area (Å²) in [6, 6.07) is 15.2. The molecule has 1 saturated heterocycles. The third-order valence-corrected chi connectivity index (χ3v) is 6.16. The van der Waals surface area contributed by atoms with Gasteiger partial charge in [-0.2, -0.15) is 0 Å². The average Bonchev–Trinajstić information content (AvgIpc) is 3.11. The standard InChI is InChI=1S/C22H27FN2OS/c1-16(2)24(14-18-6-4-5-17(3)13-18)15-21(26)25-11-12-27-22(25)19-7-9-20(23)10-8-19/h4-10,13,16,22H,11-12,14-15H2,1-3H3/t22-/m1/s1. The van der Waals surface area contributed by atoms with Gasteiger partial charge in [-0.25, -0.2) is 4.39 Å². The van der Waals surface area contributed by atoms with Crippen molar-refractivity contribution in [2.75, 3.05) is 18.8 Å². The Morgan fingerprint density at radius 3 is 2.67 bits per heavy atom. The minimum Gasteiger partial charge on any atom is -0.325 e. The lowest BCUT2D eigenvalue weighted by Gasteiger charge is -2.30. The molecule has 0 aliphatic carbocycles. The van der Waals surface area contributed by atoms with Gasteiger partial charge in [0.15, 0.2) is 0 Å². The molecule has 3 rings (SSSR count). The summed E-state index contributed by atoms with van der Waals surface area (Å²) in [4.78, 5) is 17.2. The van der Waals surface area contributed by atoms with Crippen molar-refractivity contribution in [3.05, 3.63) is 71.0 Å². The summed E-state index contributed by atoms with van der Waals surface area (Å²) in [6.07, 6.45) is 0. The van der Waals surface area contributed by atoms with E-state index in [1.165, 1.54) is 23.3 Å². The zero-order valence-electron chi connectivity index (χ0n) is 16.2. The van der Waals surface area contributed by atoms with E-state index in [1.54, 1.807) is 23.9 Å². The van der Waals surface area contributed by atoms with Crippen LogP contribution in [0.5, 0.6) is 0 Å². The predicted octanol–water partition coefficient (Wildman–Crippen LogP) is 4.62. The molecule has 1 atom stereocenters. The number of nitrogens with zero attached hydrogens (tertiary/aromatic N) is 2. The van der Waals surface area contributed by atoms with Gasteiger partial charge in [0.25, 0.3) is 0 Å². The largest absolute Gasteiger partial charge is 0.325 e. The van der Waals surface area contributed by atoms with Crippen LogP contribution < -0.4 is 0 Å². The Morgan fingerprint density at radius 1 is 1.26 bits per heavy atom. The lowest BCUT2D eigenvalue weighted by atomic mass is 10.1. The number of aryl methyl sites for hydroxylation is 1. The average molecular weight is 387 g/mol. The Kier molecular flexibility index (Phi) is 6.55. The molecule has 2 aromatic rings. The van der Waals surface area contributed by atoms with E-state index in [-0.39, 0.29) is 23.1 Å². The highest BCUT2D eigenvalue weighted by Crippen LogP contribution is 2.38. The molecule has 1 amide bonds. The maximum atomic E-state index is 13.2. The van der Waals surface area contributed by atoms with Crippen LogP contribution in [-0.2, 0) is 11.3 Å². The smallest absolute Gasteiger partial charge is 0.237 e. The first-order valence-corrected chi connectivity index (χ1v) is 10.4. The number of halogens is 1. The number of hydrogen-bond donors (Lipinski definition) is 0. The van der Waals surface area contributed by atoms with Gasteiger partial charge in [0.2, 0.25) is 5.91 Å². The first-order valence-electron chi connectivity index (χ1n) is 9.40. The van der Waals surface area contributed by atoms with Crippen LogP contribution in [0.3, 0.4) is 0 Å². The predicted molar refractivity (Wildman–Crippen MR) is 110 cm³/mol. The van der Waals surface area contributed by atoms with Crippen molar-refractivity contribution in [3.8, 4) is 0 Å². The maximum absolute atomic E-state index is 13.2. The molecule has 0 N–H and O–H groups in total. The molecule has 1 heterocycles. The van der Waals surface area contributed by atoms with E-state index in [0.29, 0.717) is 6.54 Å². The van der Waals surface area contributed by atoms with Gasteiger partial charge in [0.05, 0.1) is 6.54 Å². The molecule has 0 bridgehead atoms. The second-order valence-corrected chi connectivity index (χ2v) is 8.54. The summed E-state index contributed by atoms with van der Waals surface area (Å²) in [6.45, 7) is 8.22. The van der Waals surface area contributed by atoms with E-state index >= 15 is 0 Å². The van der Waals surface area contributed by atoms with Gasteiger partial charge in [-0.15, -0.1) is 11.8 Å². The molecule has 1 aliphatic heterocycles. The van der Waals surface area contributed by atoms with Crippen LogP contribution in [0.25, 0.3) is 0 Å².